The lowest BCUT2D eigenvalue weighted by atomic mass is 10.0. The lowest BCUT2D eigenvalue weighted by Crippen LogP contribution is -2.35. The highest BCUT2D eigenvalue weighted by Gasteiger charge is 2.19. The van der Waals surface area contributed by atoms with Crippen LogP contribution in [0.2, 0.25) is 5.02 Å². The maximum Gasteiger partial charge on any atom is 0.228 e. The van der Waals surface area contributed by atoms with Crippen LogP contribution < -0.4 is 15.8 Å². The van der Waals surface area contributed by atoms with Crippen LogP contribution in [-0.2, 0) is 6.42 Å². The van der Waals surface area contributed by atoms with Crippen LogP contribution in [0.1, 0.15) is 25.2 Å². The van der Waals surface area contributed by atoms with E-state index in [0.29, 0.717) is 39.8 Å². The molecule has 23 heavy (non-hydrogen) atoms. The Labute approximate surface area is 146 Å². The largest absolute Gasteiger partial charge is 0.496 e. The zero-order chi connectivity index (χ0) is 15.5. The Hall–Kier alpha value is -1.50. The van der Waals surface area contributed by atoms with Crippen molar-refractivity contribution in [3.05, 3.63) is 23.0 Å². The van der Waals surface area contributed by atoms with E-state index in [1.54, 1.807) is 19.2 Å². The number of benzene rings is 1. The molecule has 1 aliphatic heterocycles. The zero-order valence-corrected chi connectivity index (χ0v) is 14.4. The number of nitrogen functional groups attached to an aromatic ring is 1. The second-order valence-electron chi connectivity index (χ2n) is 5.44. The van der Waals surface area contributed by atoms with Gasteiger partial charge < -0.3 is 20.3 Å². The van der Waals surface area contributed by atoms with Crippen molar-refractivity contribution in [3.8, 4) is 17.1 Å². The van der Waals surface area contributed by atoms with Gasteiger partial charge in [0.2, 0.25) is 11.7 Å². The van der Waals surface area contributed by atoms with Crippen LogP contribution in [0.25, 0.3) is 11.4 Å². The van der Waals surface area contributed by atoms with E-state index >= 15 is 0 Å². The third kappa shape index (κ3) is 4.07. The Balaban J connectivity index is 0.00000192. The van der Waals surface area contributed by atoms with Gasteiger partial charge >= 0.3 is 0 Å². The molecule has 1 unspecified atom stereocenters. The van der Waals surface area contributed by atoms with Gasteiger partial charge in [0.1, 0.15) is 5.75 Å². The smallest absolute Gasteiger partial charge is 0.228 e. The number of aromatic nitrogens is 2. The highest BCUT2D eigenvalue weighted by atomic mass is 35.5. The molecule has 1 aromatic carbocycles. The normalized spacial score (nSPS) is 17.6. The van der Waals surface area contributed by atoms with Gasteiger partial charge in [-0.05, 0) is 25.5 Å². The van der Waals surface area contributed by atoms with E-state index in [1.807, 2.05) is 0 Å². The highest BCUT2D eigenvalue weighted by Crippen LogP contribution is 2.34. The summed E-state index contributed by atoms with van der Waals surface area (Å²) in [6, 6.07) is 3.76. The van der Waals surface area contributed by atoms with E-state index in [-0.39, 0.29) is 12.4 Å². The third-order valence-corrected chi connectivity index (χ3v) is 4.19. The van der Waals surface area contributed by atoms with Crippen molar-refractivity contribution in [1.82, 2.24) is 15.5 Å². The van der Waals surface area contributed by atoms with Crippen LogP contribution in [0.5, 0.6) is 5.75 Å². The van der Waals surface area contributed by atoms with Crippen molar-refractivity contribution in [2.45, 2.75) is 31.7 Å². The lowest BCUT2D eigenvalue weighted by molar-refractivity contribution is 0.331. The molecule has 1 atom stereocenters. The molecule has 1 saturated heterocycles. The first-order chi connectivity index (χ1) is 10.7. The summed E-state index contributed by atoms with van der Waals surface area (Å²) in [5, 5.41) is 7.94. The molecule has 0 spiro atoms. The summed E-state index contributed by atoms with van der Waals surface area (Å²) in [6.07, 6.45) is 4.33. The summed E-state index contributed by atoms with van der Waals surface area (Å²) >= 11 is 6.08. The molecular weight excluding hydrogens is 339 g/mol. The molecule has 2 aromatic rings. The van der Waals surface area contributed by atoms with E-state index in [1.165, 1.54) is 12.8 Å². The average Bonchev–Trinajstić information content (AvgIpc) is 2.99. The topological polar surface area (TPSA) is 86.2 Å². The predicted octanol–water partition coefficient (Wildman–Crippen LogP) is 3.09. The second-order valence-corrected chi connectivity index (χ2v) is 5.84. The summed E-state index contributed by atoms with van der Waals surface area (Å²) in [5.74, 6) is 1.65. The second kappa shape index (κ2) is 7.86. The van der Waals surface area contributed by atoms with Crippen molar-refractivity contribution in [2.75, 3.05) is 19.4 Å². The summed E-state index contributed by atoms with van der Waals surface area (Å²) in [7, 11) is 1.57. The maximum atomic E-state index is 6.08. The van der Waals surface area contributed by atoms with Crippen molar-refractivity contribution in [3.63, 3.8) is 0 Å². The van der Waals surface area contributed by atoms with E-state index in [9.17, 15) is 0 Å². The van der Waals surface area contributed by atoms with Crippen molar-refractivity contribution in [1.29, 1.82) is 0 Å². The number of anilines is 1. The molecule has 3 N–H and O–H groups in total. The Morgan fingerprint density at radius 1 is 1.43 bits per heavy atom. The minimum absolute atomic E-state index is 0. The monoisotopic (exact) mass is 358 g/mol. The van der Waals surface area contributed by atoms with Gasteiger partial charge in [0, 0.05) is 18.5 Å². The highest BCUT2D eigenvalue weighted by molar-refractivity contribution is 6.33. The minimum Gasteiger partial charge on any atom is -0.496 e. The van der Waals surface area contributed by atoms with Crippen LogP contribution in [0.15, 0.2) is 16.7 Å². The number of hydrogen-bond acceptors (Lipinski definition) is 6. The number of rotatable bonds is 4. The first-order valence-corrected chi connectivity index (χ1v) is 7.74. The molecule has 2 heterocycles. The van der Waals surface area contributed by atoms with Crippen molar-refractivity contribution < 1.29 is 9.26 Å². The van der Waals surface area contributed by atoms with Gasteiger partial charge in [-0.1, -0.05) is 23.2 Å². The van der Waals surface area contributed by atoms with Crippen LogP contribution in [-0.4, -0.2) is 29.8 Å². The Kier molecular flexibility index (Phi) is 6.10. The molecule has 0 bridgehead atoms. The van der Waals surface area contributed by atoms with Gasteiger partial charge in [-0.3, -0.25) is 0 Å². The number of nitrogens with one attached hydrogen (secondary N) is 1. The third-order valence-electron chi connectivity index (χ3n) is 3.86. The molecule has 6 nitrogen and oxygen atoms in total. The molecular formula is C15H20Cl2N4O2. The van der Waals surface area contributed by atoms with Gasteiger partial charge in [-0.25, -0.2) is 0 Å². The first-order valence-electron chi connectivity index (χ1n) is 7.36. The molecule has 3 rings (SSSR count). The standard InChI is InChI=1S/C15H19ClN4O2.ClH/c1-21-13-8-12(17)11(16)7-10(13)15-19-14(22-20-15)6-9-4-2-3-5-18-9;/h7-9,18H,2-6,17H2,1H3;1H. The molecule has 0 saturated carbocycles. The molecule has 1 aliphatic rings. The molecule has 126 valence electrons. The predicted molar refractivity (Wildman–Crippen MR) is 92.3 cm³/mol. The van der Waals surface area contributed by atoms with E-state index in [0.717, 1.165) is 19.4 Å². The maximum absolute atomic E-state index is 6.08. The molecule has 0 radical (unpaired) electrons. The van der Waals surface area contributed by atoms with Crippen molar-refractivity contribution >= 4 is 29.7 Å². The number of piperidine rings is 1. The van der Waals surface area contributed by atoms with Crippen LogP contribution >= 0.6 is 24.0 Å². The van der Waals surface area contributed by atoms with Gasteiger partial charge in [0.25, 0.3) is 0 Å². The summed E-state index contributed by atoms with van der Waals surface area (Å²) in [4.78, 5) is 4.46. The fraction of sp³-hybridized carbons (Fsp3) is 0.467. The van der Waals surface area contributed by atoms with Crippen LogP contribution in [0, 0.1) is 0 Å². The molecule has 1 fully saturated rings. The lowest BCUT2D eigenvalue weighted by Gasteiger charge is -2.21. The van der Waals surface area contributed by atoms with Gasteiger partial charge in [0.05, 0.1) is 23.4 Å². The van der Waals surface area contributed by atoms with E-state index in [2.05, 4.69) is 15.5 Å². The first kappa shape index (κ1) is 17.8. The number of nitrogens with zero attached hydrogens (tertiary/aromatic N) is 2. The fourth-order valence-corrected chi connectivity index (χ4v) is 2.83. The number of ether oxygens (including phenoxy) is 1. The number of nitrogens with two attached hydrogens (primary N) is 1. The summed E-state index contributed by atoms with van der Waals surface area (Å²) < 4.78 is 10.7. The van der Waals surface area contributed by atoms with Gasteiger partial charge in [0.15, 0.2) is 0 Å². The van der Waals surface area contributed by atoms with Gasteiger partial charge in [-0.15, -0.1) is 12.4 Å². The minimum atomic E-state index is 0. The molecule has 0 amide bonds. The fourth-order valence-electron chi connectivity index (χ4n) is 2.67. The average molecular weight is 359 g/mol. The summed E-state index contributed by atoms with van der Waals surface area (Å²) in [5.41, 5.74) is 6.92. The molecule has 1 aromatic heterocycles. The number of hydrogen-bond donors (Lipinski definition) is 2. The number of methoxy groups -OCH3 is 1. The quantitative estimate of drug-likeness (QED) is 0.816. The molecule has 8 heteroatoms. The van der Waals surface area contributed by atoms with Crippen molar-refractivity contribution in [2.24, 2.45) is 0 Å². The SMILES string of the molecule is COc1cc(N)c(Cl)cc1-c1noc(CC2CCCCN2)n1.Cl. The Morgan fingerprint density at radius 2 is 2.26 bits per heavy atom. The van der Waals surface area contributed by atoms with Crippen LogP contribution in [0.4, 0.5) is 5.69 Å². The van der Waals surface area contributed by atoms with E-state index < -0.39 is 0 Å². The zero-order valence-electron chi connectivity index (χ0n) is 12.8. The van der Waals surface area contributed by atoms with Gasteiger partial charge in [-0.2, -0.15) is 4.98 Å². The van der Waals surface area contributed by atoms with Crippen LogP contribution in [0.3, 0.4) is 0 Å². The Bertz CT molecular complexity index is 657. The Morgan fingerprint density at radius 3 is 2.96 bits per heavy atom. The van der Waals surface area contributed by atoms with E-state index in [4.69, 9.17) is 26.6 Å². The summed E-state index contributed by atoms with van der Waals surface area (Å²) in [6.45, 7) is 1.05. The molecule has 0 aliphatic carbocycles. The number of halogens is 2.